The molecule has 0 saturated carbocycles. The molecule has 1 aromatic heterocycles. The van der Waals surface area contributed by atoms with Gasteiger partial charge in [-0.2, -0.15) is 0 Å². The molecule has 0 radical (unpaired) electrons. The van der Waals surface area contributed by atoms with Crippen LogP contribution in [-0.2, 0) is 16.1 Å². The molecule has 1 aliphatic heterocycles. The number of aliphatic hydroxyl groups excluding tert-OH is 1. The van der Waals surface area contributed by atoms with Crippen molar-refractivity contribution in [2.75, 3.05) is 0 Å². The molecule has 166 valence electrons. The molecule has 8 heteroatoms. The average Bonchev–Trinajstić information content (AvgIpc) is 3.06. The number of amides is 1. The summed E-state index contributed by atoms with van der Waals surface area (Å²) in [6.07, 6.45) is 3.15. The second-order valence-electron chi connectivity index (χ2n) is 7.95. The largest absolute Gasteiger partial charge is 0.507 e. The van der Waals surface area contributed by atoms with E-state index in [2.05, 4.69) is 4.98 Å². The number of Topliss-reactive ketones (excluding diaryl/α,β-unsaturated/α-hetero) is 1. The highest BCUT2D eigenvalue weighted by Crippen LogP contribution is 2.41. The number of non-ortho nitro benzene ring substituents is 1. The average molecular weight is 443 g/mol. The van der Waals surface area contributed by atoms with Crippen LogP contribution in [0.1, 0.15) is 33.9 Å². The van der Waals surface area contributed by atoms with Crippen molar-refractivity contribution in [3.8, 4) is 0 Å². The van der Waals surface area contributed by atoms with Crippen molar-refractivity contribution in [3.63, 3.8) is 0 Å². The fourth-order valence-corrected chi connectivity index (χ4v) is 4.02. The molecule has 1 atom stereocenters. The van der Waals surface area contributed by atoms with Gasteiger partial charge in [0, 0.05) is 36.6 Å². The van der Waals surface area contributed by atoms with Crippen molar-refractivity contribution < 1.29 is 19.6 Å². The molecule has 2 heterocycles. The fraction of sp³-hybridized carbons (Fsp3) is 0.160. The molecular formula is C25H21N3O5. The molecule has 3 aromatic rings. The van der Waals surface area contributed by atoms with Gasteiger partial charge in [-0.3, -0.25) is 24.7 Å². The maximum Gasteiger partial charge on any atom is 0.295 e. The molecular weight excluding hydrogens is 422 g/mol. The van der Waals surface area contributed by atoms with Gasteiger partial charge in [-0.1, -0.05) is 29.8 Å². The van der Waals surface area contributed by atoms with Gasteiger partial charge >= 0.3 is 0 Å². The summed E-state index contributed by atoms with van der Waals surface area (Å²) in [5.41, 5.74) is 2.87. The van der Waals surface area contributed by atoms with E-state index in [0.717, 1.165) is 16.7 Å². The third kappa shape index (κ3) is 4.10. The second kappa shape index (κ2) is 8.66. The van der Waals surface area contributed by atoms with Crippen molar-refractivity contribution in [1.29, 1.82) is 0 Å². The molecule has 1 unspecified atom stereocenters. The highest BCUT2D eigenvalue weighted by molar-refractivity contribution is 6.46. The first kappa shape index (κ1) is 21.9. The number of nitrogens with zero attached hydrogens (tertiary/aromatic N) is 3. The molecule has 1 N–H and O–H groups in total. The van der Waals surface area contributed by atoms with E-state index in [-0.39, 0.29) is 23.6 Å². The van der Waals surface area contributed by atoms with E-state index in [4.69, 9.17) is 0 Å². The van der Waals surface area contributed by atoms with Crippen LogP contribution in [0.2, 0.25) is 0 Å². The Kier molecular flexibility index (Phi) is 5.74. The van der Waals surface area contributed by atoms with Gasteiger partial charge in [0.25, 0.3) is 17.4 Å². The molecule has 1 saturated heterocycles. The van der Waals surface area contributed by atoms with E-state index < -0.39 is 22.7 Å². The second-order valence-corrected chi connectivity index (χ2v) is 7.95. The Morgan fingerprint density at radius 1 is 1.09 bits per heavy atom. The Hall–Kier alpha value is -4.33. The van der Waals surface area contributed by atoms with Gasteiger partial charge in [0.1, 0.15) is 5.76 Å². The first-order valence-electron chi connectivity index (χ1n) is 10.3. The van der Waals surface area contributed by atoms with Gasteiger partial charge in [-0.15, -0.1) is 0 Å². The van der Waals surface area contributed by atoms with Crippen molar-refractivity contribution in [1.82, 2.24) is 9.88 Å². The maximum atomic E-state index is 13.2. The van der Waals surface area contributed by atoms with Crippen LogP contribution in [0, 0.1) is 24.0 Å². The Labute approximate surface area is 190 Å². The summed E-state index contributed by atoms with van der Waals surface area (Å²) in [5.74, 6) is -1.92. The van der Waals surface area contributed by atoms with Crippen molar-refractivity contribution in [2.24, 2.45) is 0 Å². The van der Waals surface area contributed by atoms with Crippen molar-refractivity contribution in [3.05, 3.63) is 110 Å². The molecule has 2 aromatic carbocycles. The summed E-state index contributed by atoms with van der Waals surface area (Å²) >= 11 is 0. The highest BCUT2D eigenvalue weighted by atomic mass is 16.6. The van der Waals surface area contributed by atoms with E-state index in [0.29, 0.717) is 11.1 Å². The van der Waals surface area contributed by atoms with E-state index in [9.17, 15) is 24.8 Å². The van der Waals surface area contributed by atoms with E-state index >= 15 is 0 Å². The number of likely N-dealkylation sites (tertiary alicyclic amines) is 1. The number of nitro benzene ring substituents is 1. The van der Waals surface area contributed by atoms with Crippen LogP contribution in [0.15, 0.2) is 72.6 Å². The van der Waals surface area contributed by atoms with Crippen LogP contribution in [0.4, 0.5) is 5.69 Å². The number of hydrogen-bond acceptors (Lipinski definition) is 6. The molecule has 1 amide bonds. The molecule has 8 nitrogen and oxygen atoms in total. The number of aryl methyl sites for hydroxylation is 2. The molecule has 1 aliphatic rings. The molecule has 1 fully saturated rings. The number of ketones is 1. The third-order valence-corrected chi connectivity index (χ3v) is 5.69. The number of nitro groups is 1. The lowest BCUT2D eigenvalue weighted by molar-refractivity contribution is -0.384. The molecule has 0 bridgehead atoms. The number of benzene rings is 2. The van der Waals surface area contributed by atoms with Crippen LogP contribution in [0.3, 0.4) is 0 Å². The normalized spacial score (nSPS) is 17.4. The quantitative estimate of drug-likeness (QED) is 0.208. The van der Waals surface area contributed by atoms with Crippen LogP contribution >= 0.6 is 0 Å². The lowest BCUT2D eigenvalue weighted by Gasteiger charge is -2.25. The summed E-state index contributed by atoms with van der Waals surface area (Å²) in [6.45, 7) is 3.73. The summed E-state index contributed by atoms with van der Waals surface area (Å²) in [4.78, 5) is 42.4. The number of rotatable bonds is 5. The van der Waals surface area contributed by atoms with Crippen LogP contribution in [-0.4, -0.2) is 31.6 Å². The SMILES string of the molecule is Cc1ccc(C)c(C(O)=C2C(=O)C(=O)N(Cc3ccncc3)C2c2cccc([N+](=O)[O-])c2)c1. The highest BCUT2D eigenvalue weighted by Gasteiger charge is 2.46. The van der Waals surface area contributed by atoms with Crippen molar-refractivity contribution in [2.45, 2.75) is 26.4 Å². The Morgan fingerprint density at radius 3 is 2.52 bits per heavy atom. The molecule has 0 aliphatic carbocycles. The summed E-state index contributed by atoms with van der Waals surface area (Å²) in [6, 6.07) is 13.7. The zero-order valence-corrected chi connectivity index (χ0v) is 18.1. The first-order chi connectivity index (χ1) is 15.8. The minimum atomic E-state index is -0.988. The van der Waals surface area contributed by atoms with Gasteiger partial charge < -0.3 is 10.0 Å². The number of aliphatic hydroxyl groups is 1. The Bertz CT molecular complexity index is 1300. The maximum absolute atomic E-state index is 13.2. The smallest absolute Gasteiger partial charge is 0.295 e. The summed E-state index contributed by atoms with van der Waals surface area (Å²) in [7, 11) is 0. The number of pyridine rings is 1. The molecule has 33 heavy (non-hydrogen) atoms. The number of hydrogen-bond donors (Lipinski definition) is 1. The zero-order valence-electron chi connectivity index (χ0n) is 18.1. The zero-order chi connectivity index (χ0) is 23.7. The fourth-order valence-electron chi connectivity index (χ4n) is 4.02. The van der Waals surface area contributed by atoms with Crippen molar-refractivity contribution >= 4 is 23.1 Å². The van der Waals surface area contributed by atoms with Crippen LogP contribution < -0.4 is 0 Å². The van der Waals surface area contributed by atoms with E-state index in [1.165, 1.54) is 23.1 Å². The lowest BCUT2D eigenvalue weighted by atomic mass is 9.93. The van der Waals surface area contributed by atoms with Gasteiger partial charge in [0.2, 0.25) is 0 Å². The molecule has 4 rings (SSSR count). The minimum absolute atomic E-state index is 0.0734. The van der Waals surface area contributed by atoms with E-state index in [1.807, 2.05) is 19.1 Å². The predicted octanol–water partition coefficient (Wildman–Crippen LogP) is 4.23. The van der Waals surface area contributed by atoms with Gasteiger partial charge in [-0.25, -0.2) is 0 Å². The Morgan fingerprint density at radius 2 is 1.82 bits per heavy atom. The van der Waals surface area contributed by atoms with E-state index in [1.54, 1.807) is 43.6 Å². The first-order valence-corrected chi connectivity index (χ1v) is 10.3. The van der Waals surface area contributed by atoms with Crippen LogP contribution in [0.5, 0.6) is 0 Å². The van der Waals surface area contributed by atoms with Gasteiger partial charge in [0.15, 0.2) is 0 Å². The minimum Gasteiger partial charge on any atom is -0.507 e. The topological polar surface area (TPSA) is 114 Å². The lowest BCUT2D eigenvalue weighted by Crippen LogP contribution is -2.29. The summed E-state index contributed by atoms with van der Waals surface area (Å²) < 4.78 is 0. The summed E-state index contributed by atoms with van der Waals surface area (Å²) in [5, 5.41) is 22.6. The number of carbonyl (C=O) groups excluding carboxylic acids is 2. The monoisotopic (exact) mass is 443 g/mol. The van der Waals surface area contributed by atoms with Crippen LogP contribution in [0.25, 0.3) is 5.76 Å². The Balaban J connectivity index is 1.93. The predicted molar refractivity (Wildman–Crippen MR) is 121 cm³/mol. The standard InChI is InChI=1S/C25H21N3O5/c1-15-6-7-16(2)20(12-15)23(29)21-22(18-4-3-5-19(13-18)28(32)33)27(25(31)24(21)30)14-17-8-10-26-11-9-17/h3-13,22,29H,14H2,1-2H3. The third-order valence-electron chi connectivity index (χ3n) is 5.69. The van der Waals surface area contributed by atoms with Gasteiger partial charge in [-0.05, 0) is 48.7 Å². The number of aromatic nitrogens is 1. The molecule has 0 spiro atoms. The van der Waals surface area contributed by atoms with Gasteiger partial charge in [0.05, 0.1) is 16.5 Å². The number of carbonyl (C=O) groups is 2.